The van der Waals surface area contributed by atoms with E-state index in [-0.39, 0.29) is 17.6 Å². The van der Waals surface area contributed by atoms with E-state index in [0.717, 1.165) is 18.5 Å². The second-order valence-electron chi connectivity index (χ2n) is 7.57. The molecule has 1 aliphatic rings. The number of nitrogen functional groups attached to an aromatic ring is 1. The zero-order valence-electron chi connectivity index (χ0n) is 13.6. The molecule has 1 aromatic rings. The largest absolute Gasteiger partial charge is 0.444 e. The summed E-state index contributed by atoms with van der Waals surface area (Å²) in [6.07, 6.45) is 3.16. The van der Waals surface area contributed by atoms with Gasteiger partial charge in [-0.25, -0.2) is 4.79 Å². The molecule has 1 unspecified atom stereocenters. The molecule has 2 heterocycles. The molecule has 1 aliphatic heterocycles. The summed E-state index contributed by atoms with van der Waals surface area (Å²) in [5, 5.41) is 6.90. The molecule has 1 aromatic heterocycles. The number of aromatic nitrogens is 2. The standard InChI is InChI=1S/C15H26N4O2/c1-14(2,3)21-13(20)19-9-15(4,5)7-6-11(19)12-10(16)8-17-18-12/h8,11H,6-7,9,16H2,1-5H3,(H,17,18). The van der Waals surface area contributed by atoms with Crippen molar-refractivity contribution in [1.82, 2.24) is 15.1 Å². The summed E-state index contributed by atoms with van der Waals surface area (Å²) < 4.78 is 5.55. The fraction of sp³-hybridized carbons (Fsp3) is 0.733. The number of amides is 1. The Morgan fingerprint density at radius 1 is 1.52 bits per heavy atom. The summed E-state index contributed by atoms with van der Waals surface area (Å²) in [7, 11) is 0. The lowest BCUT2D eigenvalue weighted by atomic mass is 9.80. The molecule has 0 spiro atoms. The number of rotatable bonds is 1. The fourth-order valence-corrected chi connectivity index (χ4v) is 2.72. The smallest absolute Gasteiger partial charge is 0.410 e. The number of piperidine rings is 1. The van der Waals surface area contributed by atoms with Crippen LogP contribution in [-0.2, 0) is 4.74 Å². The van der Waals surface area contributed by atoms with E-state index in [9.17, 15) is 4.79 Å². The Morgan fingerprint density at radius 2 is 2.19 bits per heavy atom. The first-order valence-corrected chi connectivity index (χ1v) is 7.37. The van der Waals surface area contributed by atoms with E-state index >= 15 is 0 Å². The Bertz CT molecular complexity index is 516. The quantitative estimate of drug-likeness (QED) is 0.833. The highest BCUT2D eigenvalue weighted by Crippen LogP contribution is 2.40. The van der Waals surface area contributed by atoms with Crippen molar-refractivity contribution in [2.75, 3.05) is 12.3 Å². The number of anilines is 1. The van der Waals surface area contributed by atoms with Crippen LogP contribution in [0.2, 0.25) is 0 Å². The lowest BCUT2D eigenvalue weighted by Gasteiger charge is -2.43. The normalized spacial score (nSPS) is 22.1. The first-order valence-electron chi connectivity index (χ1n) is 7.37. The Labute approximate surface area is 126 Å². The van der Waals surface area contributed by atoms with E-state index < -0.39 is 5.60 Å². The highest BCUT2D eigenvalue weighted by molar-refractivity contribution is 5.69. The summed E-state index contributed by atoms with van der Waals surface area (Å²) in [5.74, 6) is 0. The van der Waals surface area contributed by atoms with Gasteiger partial charge in [0.1, 0.15) is 5.60 Å². The van der Waals surface area contributed by atoms with Crippen LogP contribution in [0.1, 0.15) is 59.2 Å². The average Bonchev–Trinajstić information content (AvgIpc) is 2.72. The molecule has 0 radical (unpaired) electrons. The van der Waals surface area contributed by atoms with E-state index in [0.29, 0.717) is 12.2 Å². The van der Waals surface area contributed by atoms with Crippen molar-refractivity contribution in [2.24, 2.45) is 5.41 Å². The van der Waals surface area contributed by atoms with Gasteiger partial charge in [0.25, 0.3) is 0 Å². The molecular formula is C15H26N4O2. The predicted octanol–water partition coefficient (Wildman–Crippen LogP) is 3.09. The molecule has 0 bridgehead atoms. The lowest BCUT2D eigenvalue weighted by molar-refractivity contribution is -0.00849. The SMILES string of the molecule is CC1(C)CCC(c2[nH]ncc2N)N(C(=O)OC(C)(C)C)C1. The molecule has 1 atom stereocenters. The van der Waals surface area contributed by atoms with Gasteiger partial charge in [-0.3, -0.25) is 10.00 Å². The minimum Gasteiger partial charge on any atom is -0.444 e. The van der Waals surface area contributed by atoms with Crippen LogP contribution < -0.4 is 5.73 Å². The zero-order chi connectivity index (χ0) is 15.8. The van der Waals surface area contributed by atoms with Crippen LogP contribution in [0, 0.1) is 5.41 Å². The number of nitrogens with zero attached hydrogens (tertiary/aromatic N) is 2. The molecule has 118 valence electrons. The van der Waals surface area contributed by atoms with Crippen molar-refractivity contribution in [3.8, 4) is 0 Å². The summed E-state index contributed by atoms with van der Waals surface area (Å²) in [6.45, 7) is 10.6. The van der Waals surface area contributed by atoms with Gasteiger partial charge in [-0.1, -0.05) is 13.8 Å². The highest BCUT2D eigenvalue weighted by Gasteiger charge is 2.39. The van der Waals surface area contributed by atoms with Crippen molar-refractivity contribution in [3.63, 3.8) is 0 Å². The van der Waals surface area contributed by atoms with E-state index in [1.54, 1.807) is 11.1 Å². The summed E-state index contributed by atoms with van der Waals surface area (Å²) in [6, 6.07) is -0.102. The fourth-order valence-electron chi connectivity index (χ4n) is 2.72. The minimum absolute atomic E-state index is 0.0716. The van der Waals surface area contributed by atoms with E-state index in [2.05, 4.69) is 24.0 Å². The van der Waals surface area contributed by atoms with E-state index in [1.165, 1.54) is 0 Å². The lowest BCUT2D eigenvalue weighted by Crippen LogP contribution is -2.47. The van der Waals surface area contributed by atoms with Crippen LogP contribution >= 0.6 is 0 Å². The number of nitrogens with two attached hydrogens (primary N) is 1. The van der Waals surface area contributed by atoms with Crippen molar-refractivity contribution in [2.45, 2.75) is 59.1 Å². The summed E-state index contributed by atoms with van der Waals surface area (Å²) in [5.41, 5.74) is 6.91. The molecule has 6 heteroatoms. The number of aromatic amines is 1. The molecule has 6 nitrogen and oxygen atoms in total. The van der Waals surface area contributed by atoms with Crippen molar-refractivity contribution in [1.29, 1.82) is 0 Å². The van der Waals surface area contributed by atoms with E-state index in [4.69, 9.17) is 10.5 Å². The van der Waals surface area contributed by atoms with Gasteiger partial charge in [-0.2, -0.15) is 5.10 Å². The van der Waals surface area contributed by atoms with Gasteiger partial charge in [0.15, 0.2) is 0 Å². The van der Waals surface area contributed by atoms with Gasteiger partial charge >= 0.3 is 6.09 Å². The maximum Gasteiger partial charge on any atom is 0.410 e. The molecule has 0 aromatic carbocycles. The number of hydrogen-bond donors (Lipinski definition) is 2. The van der Waals surface area contributed by atoms with Crippen LogP contribution in [0.3, 0.4) is 0 Å². The van der Waals surface area contributed by atoms with Crippen LogP contribution in [0.15, 0.2) is 6.20 Å². The molecule has 1 fully saturated rings. The second kappa shape index (κ2) is 5.24. The van der Waals surface area contributed by atoms with Gasteiger partial charge in [-0.05, 0) is 39.0 Å². The third-order valence-corrected chi connectivity index (χ3v) is 3.73. The number of nitrogens with one attached hydrogen (secondary N) is 1. The third-order valence-electron chi connectivity index (χ3n) is 3.73. The van der Waals surface area contributed by atoms with Crippen molar-refractivity contribution < 1.29 is 9.53 Å². The predicted molar refractivity (Wildman–Crippen MR) is 81.7 cm³/mol. The number of carbonyl (C=O) groups is 1. The van der Waals surface area contributed by atoms with E-state index in [1.807, 2.05) is 20.8 Å². The van der Waals surface area contributed by atoms with Crippen molar-refractivity contribution in [3.05, 3.63) is 11.9 Å². The molecule has 2 rings (SSSR count). The monoisotopic (exact) mass is 294 g/mol. The van der Waals surface area contributed by atoms with Gasteiger partial charge < -0.3 is 10.5 Å². The Balaban J connectivity index is 2.26. The van der Waals surface area contributed by atoms with Gasteiger partial charge in [0.05, 0.1) is 23.6 Å². The first kappa shape index (κ1) is 15.7. The molecule has 3 N–H and O–H groups in total. The highest BCUT2D eigenvalue weighted by atomic mass is 16.6. The average molecular weight is 294 g/mol. The van der Waals surface area contributed by atoms with Crippen LogP contribution in [-0.4, -0.2) is 33.3 Å². The number of ether oxygens (including phenoxy) is 1. The zero-order valence-corrected chi connectivity index (χ0v) is 13.6. The molecule has 0 saturated carbocycles. The third kappa shape index (κ3) is 3.68. The molecule has 1 amide bonds. The van der Waals surface area contributed by atoms with Crippen molar-refractivity contribution >= 4 is 11.8 Å². The van der Waals surface area contributed by atoms with Crippen LogP contribution in [0.4, 0.5) is 10.5 Å². The maximum atomic E-state index is 12.5. The molecular weight excluding hydrogens is 268 g/mol. The van der Waals surface area contributed by atoms with Crippen LogP contribution in [0.25, 0.3) is 0 Å². The van der Waals surface area contributed by atoms with Gasteiger partial charge in [-0.15, -0.1) is 0 Å². The topological polar surface area (TPSA) is 84.2 Å². The van der Waals surface area contributed by atoms with Gasteiger partial charge in [0.2, 0.25) is 0 Å². The van der Waals surface area contributed by atoms with Gasteiger partial charge in [0, 0.05) is 6.54 Å². The molecule has 0 aliphatic carbocycles. The Kier molecular flexibility index (Phi) is 3.91. The maximum absolute atomic E-state index is 12.5. The Hall–Kier alpha value is -1.72. The number of hydrogen-bond acceptors (Lipinski definition) is 4. The Morgan fingerprint density at radius 3 is 2.71 bits per heavy atom. The van der Waals surface area contributed by atoms with Crippen LogP contribution in [0.5, 0.6) is 0 Å². The number of likely N-dealkylation sites (tertiary alicyclic amines) is 1. The first-order chi connectivity index (χ1) is 9.59. The second-order valence-corrected chi connectivity index (χ2v) is 7.57. The number of H-pyrrole nitrogens is 1. The summed E-state index contributed by atoms with van der Waals surface area (Å²) in [4.78, 5) is 14.3. The summed E-state index contributed by atoms with van der Waals surface area (Å²) >= 11 is 0. The molecule has 21 heavy (non-hydrogen) atoms. The molecule has 1 saturated heterocycles. The minimum atomic E-state index is -0.511. The number of carbonyl (C=O) groups excluding carboxylic acids is 1.